The number of nitriles is 1. The standard InChI is InChI=1S/C14H15NO4S/c15-8-11-2-1-3-12(6-11)9-20(18,19)10-14(4-5-14)7-13(16)17/h1-3,6H,4-5,7,9-10H2,(H,16,17). The van der Waals surface area contributed by atoms with Gasteiger partial charge < -0.3 is 5.11 Å². The summed E-state index contributed by atoms with van der Waals surface area (Å²) in [6, 6.07) is 8.44. The number of carbonyl (C=O) groups is 1. The zero-order valence-corrected chi connectivity index (χ0v) is 11.7. The van der Waals surface area contributed by atoms with Gasteiger partial charge in [0, 0.05) is 0 Å². The smallest absolute Gasteiger partial charge is 0.303 e. The molecule has 0 aromatic heterocycles. The Kier molecular flexibility index (Phi) is 3.82. The Morgan fingerprint density at radius 3 is 2.65 bits per heavy atom. The van der Waals surface area contributed by atoms with E-state index in [1.807, 2.05) is 6.07 Å². The zero-order chi connectivity index (χ0) is 14.8. The average Bonchev–Trinajstić information content (AvgIpc) is 3.05. The van der Waals surface area contributed by atoms with E-state index in [2.05, 4.69) is 0 Å². The lowest BCUT2D eigenvalue weighted by Gasteiger charge is -2.13. The molecule has 1 aromatic rings. The number of carboxylic acid groups (broad SMARTS) is 1. The van der Waals surface area contributed by atoms with Crippen molar-refractivity contribution in [3.63, 3.8) is 0 Å². The number of nitrogens with zero attached hydrogens (tertiary/aromatic N) is 1. The van der Waals surface area contributed by atoms with Crippen LogP contribution < -0.4 is 0 Å². The lowest BCUT2D eigenvalue weighted by molar-refractivity contribution is -0.138. The van der Waals surface area contributed by atoms with Gasteiger partial charge in [0.2, 0.25) is 0 Å². The molecular weight excluding hydrogens is 278 g/mol. The van der Waals surface area contributed by atoms with Gasteiger partial charge in [0.15, 0.2) is 9.84 Å². The lowest BCUT2D eigenvalue weighted by Crippen LogP contribution is -2.21. The molecular formula is C14H15NO4S. The van der Waals surface area contributed by atoms with Crippen LogP contribution >= 0.6 is 0 Å². The second-order valence-corrected chi connectivity index (χ2v) is 7.48. The molecule has 20 heavy (non-hydrogen) atoms. The molecule has 0 unspecified atom stereocenters. The Hall–Kier alpha value is -1.87. The minimum Gasteiger partial charge on any atom is -0.481 e. The first-order valence-corrected chi connectivity index (χ1v) is 8.08. The molecule has 106 valence electrons. The highest BCUT2D eigenvalue weighted by Crippen LogP contribution is 2.50. The summed E-state index contributed by atoms with van der Waals surface area (Å²) in [6.07, 6.45) is 1.21. The van der Waals surface area contributed by atoms with Crippen molar-refractivity contribution >= 4 is 15.8 Å². The summed E-state index contributed by atoms with van der Waals surface area (Å²) in [5.74, 6) is -1.20. The SMILES string of the molecule is N#Cc1cccc(CS(=O)(=O)CC2(CC(=O)O)CC2)c1. The number of hydrogen-bond donors (Lipinski definition) is 1. The van der Waals surface area contributed by atoms with Crippen LogP contribution in [-0.2, 0) is 20.4 Å². The van der Waals surface area contributed by atoms with Crippen molar-refractivity contribution in [3.8, 4) is 6.07 Å². The fraction of sp³-hybridized carbons (Fsp3) is 0.429. The normalized spacial score (nSPS) is 16.4. The van der Waals surface area contributed by atoms with Crippen LogP contribution in [0.1, 0.15) is 30.4 Å². The van der Waals surface area contributed by atoms with Gasteiger partial charge in [-0.2, -0.15) is 5.26 Å². The third-order valence-electron chi connectivity index (χ3n) is 3.45. The van der Waals surface area contributed by atoms with E-state index >= 15 is 0 Å². The Labute approximate surface area is 117 Å². The third-order valence-corrected chi connectivity index (χ3v) is 5.28. The highest BCUT2D eigenvalue weighted by Gasteiger charge is 2.47. The van der Waals surface area contributed by atoms with Gasteiger partial charge in [-0.25, -0.2) is 8.42 Å². The molecule has 1 fully saturated rings. The van der Waals surface area contributed by atoms with Crippen LogP contribution in [0.4, 0.5) is 0 Å². The van der Waals surface area contributed by atoms with Gasteiger partial charge in [0.05, 0.1) is 29.6 Å². The fourth-order valence-corrected chi connectivity index (χ4v) is 4.49. The van der Waals surface area contributed by atoms with E-state index in [1.165, 1.54) is 0 Å². The molecule has 0 amide bonds. The number of aliphatic carboxylic acids is 1. The monoisotopic (exact) mass is 293 g/mol. The maximum absolute atomic E-state index is 12.2. The van der Waals surface area contributed by atoms with Crippen molar-refractivity contribution in [1.82, 2.24) is 0 Å². The summed E-state index contributed by atoms with van der Waals surface area (Å²) in [5.41, 5.74) is 0.414. The largest absolute Gasteiger partial charge is 0.481 e. The van der Waals surface area contributed by atoms with Crippen LogP contribution in [0.2, 0.25) is 0 Å². The number of hydrogen-bond acceptors (Lipinski definition) is 4. The highest BCUT2D eigenvalue weighted by atomic mass is 32.2. The van der Waals surface area contributed by atoms with Crippen LogP contribution in [0.5, 0.6) is 0 Å². The fourth-order valence-electron chi connectivity index (χ4n) is 2.37. The van der Waals surface area contributed by atoms with Gasteiger partial charge in [-0.05, 0) is 36.0 Å². The quantitative estimate of drug-likeness (QED) is 0.861. The first kappa shape index (κ1) is 14.5. The van der Waals surface area contributed by atoms with Gasteiger partial charge in [0.25, 0.3) is 0 Å². The van der Waals surface area contributed by atoms with E-state index in [4.69, 9.17) is 10.4 Å². The molecule has 1 aromatic carbocycles. The van der Waals surface area contributed by atoms with Gasteiger partial charge in [-0.15, -0.1) is 0 Å². The maximum Gasteiger partial charge on any atom is 0.303 e. The van der Waals surface area contributed by atoms with Gasteiger partial charge in [-0.3, -0.25) is 4.79 Å². The van der Waals surface area contributed by atoms with Gasteiger partial charge in [-0.1, -0.05) is 12.1 Å². The molecule has 0 aliphatic heterocycles. The first-order valence-electron chi connectivity index (χ1n) is 6.25. The number of carboxylic acids is 1. The van der Waals surface area contributed by atoms with Crippen LogP contribution in [-0.4, -0.2) is 25.2 Å². The van der Waals surface area contributed by atoms with Crippen molar-refractivity contribution in [3.05, 3.63) is 35.4 Å². The second-order valence-electron chi connectivity index (χ2n) is 5.41. The van der Waals surface area contributed by atoms with Crippen LogP contribution in [0, 0.1) is 16.7 Å². The predicted octanol–water partition coefficient (Wildman–Crippen LogP) is 1.73. The van der Waals surface area contributed by atoms with E-state index in [0.29, 0.717) is 24.0 Å². The van der Waals surface area contributed by atoms with E-state index in [0.717, 1.165) is 0 Å². The zero-order valence-electron chi connectivity index (χ0n) is 10.9. The minimum atomic E-state index is -3.37. The van der Waals surface area contributed by atoms with Crippen molar-refractivity contribution in [2.75, 3.05) is 5.75 Å². The minimum absolute atomic E-state index is 0.0928. The van der Waals surface area contributed by atoms with Gasteiger partial charge >= 0.3 is 5.97 Å². The molecule has 1 N–H and O–H groups in total. The molecule has 0 saturated heterocycles. The van der Waals surface area contributed by atoms with Crippen molar-refractivity contribution < 1.29 is 18.3 Å². The summed E-state index contributed by atoms with van der Waals surface area (Å²) in [6.45, 7) is 0. The molecule has 6 heteroatoms. The molecule has 0 spiro atoms. The summed E-state index contributed by atoms with van der Waals surface area (Å²) in [7, 11) is -3.37. The maximum atomic E-state index is 12.2. The molecule has 1 aliphatic carbocycles. The number of benzene rings is 1. The molecule has 5 nitrogen and oxygen atoms in total. The van der Waals surface area contributed by atoms with Crippen molar-refractivity contribution in [2.45, 2.75) is 25.0 Å². The van der Waals surface area contributed by atoms with E-state index in [9.17, 15) is 13.2 Å². The second kappa shape index (κ2) is 5.25. The average molecular weight is 293 g/mol. The molecule has 1 aliphatic rings. The van der Waals surface area contributed by atoms with E-state index < -0.39 is 21.2 Å². The molecule has 2 rings (SSSR count). The van der Waals surface area contributed by atoms with E-state index in [1.54, 1.807) is 24.3 Å². The molecule has 1 saturated carbocycles. The number of sulfone groups is 1. The Morgan fingerprint density at radius 2 is 2.10 bits per heavy atom. The summed E-state index contributed by atoms with van der Waals surface area (Å²) in [4.78, 5) is 10.8. The Bertz CT molecular complexity index is 669. The van der Waals surface area contributed by atoms with Crippen LogP contribution in [0.25, 0.3) is 0 Å². The lowest BCUT2D eigenvalue weighted by atomic mass is 10.1. The van der Waals surface area contributed by atoms with Gasteiger partial charge in [0.1, 0.15) is 0 Å². The highest BCUT2D eigenvalue weighted by molar-refractivity contribution is 7.90. The first-order chi connectivity index (χ1) is 9.34. The van der Waals surface area contributed by atoms with E-state index in [-0.39, 0.29) is 17.9 Å². The summed E-state index contributed by atoms with van der Waals surface area (Å²) in [5, 5.41) is 17.6. The Balaban J connectivity index is 2.08. The van der Waals surface area contributed by atoms with Crippen LogP contribution in [0.15, 0.2) is 24.3 Å². The molecule has 0 atom stereocenters. The Morgan fingerprint density at radius 1 is 1.40 bits per heavy atom. The molecule has 0 bridgehead atoms. The number of rotatable bonds is 6. The molecule has 0 radical (unpaired) electrons. The molecule has 0 heterocycles. The summed E-state index contributed by atoms with van der Waals surface area (Å²) < 4.78 is 24.3. The predicted molar refractivity (Wildman–Crippen MR) is 72.6 cm³/mol. The van der Waals surface area contributed by atoms with Crippen molar-refractivity contribution in [1.29, 1.82) is 5.26 Å². The summed E-state index contributed by atoms with van der Waals surface area (Å²) >= 11 is 0. The van der Waals surface area contributed by atoms with Crippen LogP contribution in [0.3, 0.4) is 0 Å². The third kappa shape index (κ3) is 3.81. The van der Waals surface area contributed by atoms with Crippen molar-refractivity contribution in [2.24, 2.45) is 5.41 Å². The topological polar surface area (TPSA) is 95.2 Å².